The number of nitrogens with one attached hydrogen (secondary N) is 1. The Balaban J connectivity index is 2.40. The van der Waals surface area contributed by atoms with Crippen molar-refractivity contribution in [2.75, 3.05) is 0 Å². The van der Waals surface area contributed by atoms with E-state index < -0.39 is 18.6 Å². The van der Waals surface area contributed by atoms with E-state index in [1.807, 2.05) is 19.1 Å². The van der Waals surface area contributed by atoms with E-state index in [0.29, 0.717) is 6.54 Å². The summed E-state index contributed by atoms with van der Waals surface area (Å²) < 4.78 is 36.1. The van der Waals surface area contributed by atoms with Crippen LogP contribution in [0.5, 0.6) is 0 Å². The highest BCUT2D eigenvalue weighted by molar-refractivity contribution is 5.09. The zero-order valence-corrected chi connectivity index (χ0v) is 9.30. The van der Waals surface area contributed by atoms with Gasteiger partial charge >= 0.3 is 6.18 Å². The van der Waals surface area contributed by atoms with Crippen molar-refractivity contribution in [2.24, 2.45) is 0 Å². The van der Waals surface area contributed by atoms with Gasteiger partial charge in [-0.3, -0.25) is 4.98 Å². The molecule has 1 aromatic rings. The van der Waals surface area contributed by atoms with Gasteiger partial charge in [0.2, 0.25) is 0 Å². The van der Waals surface area contributed by atoms with E-state index in [1.165, 1.54) is 6.92 Å². The summed E-state index contributed by atoms with van der Waals surface area (Å²) in [5.74, 6) is 0. The third-order valence-electron chi connectivity index (χ3n) is 2.12. The SMILES string of the molecule is Cc1cccc(CNC(C)CC(F)(F)F)n1. The van der Waals surface area contributed by atoms with Crippen LogP contribution in [-0.2, 0) is 6.54 Å². The normalized spacial score (nSPS) is 13.8. The molecule has 0 amide bonds. The van der Waals surface area contributed by atoms with Gasteiger partial charge in [0.15, 0.2) is 0 Å². The molecule has 5 heteroatoms. The number of halogens is 3. The zero-order chi connectivity index (χ0) is 12.2. The minimum Gasteiger partial charge on any atom is -0.308 e. The Labute approximate surface area is 92.9 Å². The van der Waals surface area contributed by atoms with Crippen LogP contribution >= 0.6 is 0 Å². The summed E-state index contributed by atoms with van der Waals surface area (Å²) in [6.45, 7) is 3.73. The van der Waals surface area contributed by atoms with Gasteiger partial charge in [0.05, 0.1) is 12.1 Å². The second-order valence-corrected chi connectivity index (χ2v) is 3.87. The first-order chi connectivity index (χ1) is 7.37. The Morgan fingerprint density at radius 2 is 2.06 bits per heavy atom. The molecule has 1 rings (SSSR count). The first-order valence-corrected chi connectivity index (χ1v) is 5.09. The summed E-state index contributed by atoms with van der Waals surface area (Å²) >= 11 is 0. The van der Waals surface area contributed by atoms with Crippen LogP contribution in [0.1, 0.15) is 24.7 Å². The van der Waals surface area contributed by atoms with Crippen LogP contribution in [0, 0.1) is 6.92 Å². The number of hydrogen-bond donors (Lipinski definition) is 1. The maximum absolute atomic E-state index is 12.0. The van der Waals surface area contributed by atoms with Crippen molar-refractivity contribution >= 4 is 0 Å². The van der Waals surface area contributed by atoms with Crippen LogP contribution in [0.25, 0.3) is 0 Å². The Kier molecular flexibility index (Phi) is 4.29. The van der Waals surface area contributed by atoms with Crippen molar-refractivity contribution in [3.05, 3.63) is 29.6 Å². The highest BCUT2D eigenvalue weighted by Gasteiger charge is 2.29. The smallest absolute Gasteiger partial charge is 0.308 e. The highest BCUT2D eigenvalue weighted by Crippen LogP contribution is 2.21. The third-order valence-corrected chi connectivity index (χ3v) is 2.12. The Morgan fingerprint density at radius 1 is 1.38 bits per heavy atom. The summed E-state index contributed by atoms with van der Waals surface area (Å²) in [5.41, 5.74) is 1.62. The van der Waals surface area contributed by atoms with E-state index in [2.05, 4.69) is 10.3 Å². The number of pyridine rings is 1. The molecule has 0 bridgehead atoms. The van der Waals surface area contributed by atoms with E-state index in [4.69, 9.17) is 0 Å². The van der Waals surface area contributed by atoms with Gasteiger partial charge < -0.3 is 5.32 Å². The van der Waals surface area contributed by atoms with Gasteiger partial charge in [-0.15, -0.1) is 0 Å². The Bertz CT molecular complexity index is 336. The topological polar surface area (TPSA) is 24.9 Å². The number of aromatic nitrogens is 1. The van der Waals surface area contributed by atoms with Crippen molar-refractivity contribution < 1.29 is 13.2 Å². The van der Waals surface area contributed by atoms with E-state index >= 15 is 0 Å². The van der Waals surface area contributed by atoms with Crippen LogP contribution in [-0.4, -0.2) is 17.2 Å². The lowest BCUT2D eigenvalue weighted by Crippen LogP contribution is -2.31. The quantitative estimate of drug-likeness (QED) is 0.863. The molecule has 0 aliphatic carbocycles. The first kappa shape index (κ1) is 13.0. The largest absolute Gasteiger partial charge is 0.390 e. The molecule has 0 saturated carbocycles. The van der Waals surface area contributed by atoms with E-state index in [1.54, 1.807) is 6.07 Å². The zero-order valence-electron chi connectivity index (χ0n) is 9.30. The lowest BCUT2D eigenvalue weighted by atomic mass is 10.2. The van der Waals surface area contributed by atoms with Gasteiger partial charge in [0.1, 0.15) is 0 Å². The number of hydrogen-bond acceptors (Lipinski definition) is 2. The molecule has 1 aromatic heterocycles. The molecule has 0 saturated heterocycles. The van der Waals surface area contributed by atoms with E-state index in [0.717, 1.165) is 11.4 Å². The molecular formula is C11H15F3N2. The molecule has 0 aliphatic heterocycles. The van der Waals surface area contributed by atoms with E-state index in [9.17, 15) is 13.2 Å². The Morgan fingerprint density at radius 3 is 2.62 bits per heavy atom. The van der Waals surface area contributed by atoms with Gasteiger partial charge in [0.25, 0.3) is 0 Å². The van der Waals surface area contributed by atoms with Gasteiger partial charge in [-0.1, -0.05) is 6.07 Å². The van der Waals surface area contributed by atoms with E-state index in [-0.39, 0.29) is 0 Å². The molecule has 0 aliphatic rings. The fourth-order valence-corrected chi connectivity index (χ4v) is 1.40. The number of alkyl halides is 3. The number of nitrogens with zero attached hydrogens (tertiary/aromatic N) is 1. The van der Waals surface area contributed by atoms with Crippen LogP contribution in [0.2, 0.25) is 0 Å². The molecule has 1 unspecified atom stereocenters. The summed E-state index contributed by atoms with van der Waals surface area (Å²) in [5, 5.41) is 2.80. The molecule has 1 atom stereocenters. The maximum atomic E-state index is 12.0. The lowest BCUT2D eigenvalue weighted by Gasteiger charge is -2.15. The standard InChI is InChI=1S/C11H15F3N2/c1-8-4-3-5-10(16-8)7-15-9(2)6-11(12,13)14/h3-5,9,15H,6-7H2,1-2H3. The minimum absolute atomic E-state index is 0.360. The summed E-state index contributed by atoms with van der Waals surface area (Å²) in [4.78, 5) is 4.20. The third kappa shape index (κ3) is 5.11. The molecule has 1 N–H and O–H groups in total. The second kappa shape index (κ2) is 5.30. The average molecular weight is 232 g/mol. The van der Waals surface area contributed by atoms with Crippen molar-refractivity contribution in [1.82, 2.24) is 10.3 Å². The fourth-order valence-electron chi connectivity index (χ4n) is 1.40. The minimum atomic E-state index is -4.12. The predicted molar refractivity (Wildman–Crippen MR) is 55.9 cm³/mol. The monoisotopic (exact) mass is 232 g/mol. The van der Waals surface area contributed by atoms with Crippen molar-refractivity contribution in [3.8, 4) is 0 Å². The molecule has 2 nitrogen and oxygen atoms in total. The molecule has 90 valence electrons. The molecule has 0 spiro atoms. The molecule has 16 heavy (non-hydrogen) atoms. The predicted octanol–water partition coefficient (Wildman–Crippen LogP) is 2.82. The summed E-state index contributed by atoms with van der Waals surface area (Å²) in [6.07, 6.45) is -4.94. The Hall–Kier alpha value is -1.10. The summed E-state index contributed by atoms with van der Waals surface area (Å²) in [7, 11) is 0. The van der Waals surface area contributed by atoms with Crippen molar-refractivity contribution in [3.63, 3.8) is 0 Å². The molecule has 0 radical (unpaired) electrons. The van der Waals surface area contributed by atoms with Gasteiger partial charge in [0, 0.05) is 18.3 Å². The average Bonchev–Trinajstić information content (AvgIpc) is 2.12. The summed E-state index contributed by atoms with van der Waals surface area (Å²) in [6, 6.07) is 4.89. The molecule has 1 heterocycles. The number of aryl methyl sites for hydroxylation is 1. The van der Waals surface area contributed by atoms with Crippen molar-refractivity contribution in [2.45, 2.75) is 39.0 Å². The lowest BCUT2D eigenvalue weighted by molar-refractivity contribution is -0.139. The van der Waals surface area contributed by atoms with Crippen molar-refractivity contribution in [1.29, 1.82) is 0 Å². The first-order valence-electron chi connectivity index (χ1n) is 5.09. The van der Waals surface area contributed by atoms with Crippen LogP contribution in [0.3, 0.4) is 0 Å². The van der Waals surface area contributed by atoms with Gasteiger partial charge in [-0.2, -0.15) is 13.2 Å². The van der Waals surface area contributed by atoms with Crippen LogP contribution in [0.15, 0.2) is 18.2 Å². The molecule has 0 aromatic carbocycles. The van der Waals surface area contributed by atoms with Crippen LogP contribution < -0.4 is 5.32 Å². The second-order valence-electron chi connectivity index (χ2n) is 3.87. The van der Waals surface area contributed by atoms with Gasteiger partial charge in [-0.05, 0) is 26.0 Å². The van der Waals surface area contributed by atoms with Crippen LogP contribution in [0.4, 0.5) is 13.2 Å². The number of rotatable bonds is 4. The highest BCUT2D eigenvalue weighted by atomic mass is 19.4. The molecular weight excluding hydrogens is 217 g/mol. The fraction of sp³-hybridized carbons (Fsp3) is 0.545. The maximum Gasteiger partial charge on any atom is 0.390 e. The van der Waals surface area contributed by atoms with Gasteiger partial charge in [-0.25, -0.2) is 0 Å². The molecule has 0 fully saturated rings.